The van der Waals surface area contributed by atoms with Crippen molar-refractivity contribution in [1.29, 1.82) is 5.26 Å². The Kier molecular flexibility index (Phi) is 6.23. The number of nitriles is 1. The number of benzene rings is 2. The molecule has 0 unspecified atom stereocenters. The quantitative estimate of drug-likeness (QED) is 0.405. The molecule has 1 N–H and O–H groups in total. The maximum atomic E-state index is 12.6. The molecule has 0 aliphatic rings. The molecule has 2 heterocycles. The minimum Gasteiger partial charge on any atom is -0.482 e. The normalized spacial score (nSPS) is 10.8. The van der Waals surface area contributed by atoms with Gasteiger partial charge in [-0.1, -0.05) is 34.8 Å². The van der Waals surface area contributed by atoms with Gasteiger partial charge in [0, 0.05) is 16.5 Å². The number of rotatable bonds is 5. The largest absolute Gasteiger partial charge is 0.482 e. The van der Waals surface area contributed by atoms with Crippen molar-refractivity contribution >= 4 is 45.8 Å². The minimum atomic E-state index is -0.492. The van der Waals surface area contributed by atoms with Gasteiger partial charge in [-0.2, -0.15) is 15.0 Å². The molecule has 0 saturated carbocycles. The highest BCUT2D eigenvalue weighted by atomic mass is 35.5. The van der Waals surface area contributed by atoms with Crippen LogP contribution in [0.4, 0.5) is 5.82 Å². The molecule has 2 aromatic heterocycles. The van der Waals surface area contributed by atoms with Crippen LogP contribution in [0.2, 0.25) is 10.0 Å². The smallest absolute Gasteiger partial charge is 0.263 e. The van der Waals surface area contributed by atoms with E-state index < -0.39 is 5.91 Å². The molecule has 0 fully saturated rings. The van der Waals surface area contributed by atoms with Crippen molar-refractivity contribution in [2.75, 3.05) is 11.9 Å². The lowest BCUT2D eigenvalue weighted by Gasteiger charge is -2.13. The zero-order valence-corrected chi connectivity index (χ0v) is 19.6. The fourth-order valence-electron chi connectivity index (χ4n) is 3.56. The van der Waals surface area contributed by atoms with E-state index in [0.29, 0.717) is 15.9 Å². The first-order valence-electron chi connectivity index (χ1n) is 10.0. The Morgan fingerprint density at radius 2 is 1.94 bits per heavy atom. The number of nitrogens with one attached hydrogen (secondary N) is 1. The number of hydrogen-bond donors (Lipinski definition) is 1. The average molecular weight is 480 g/mol. The molecule has 0 aliphatic carbocycles. The Hall–Kier alpha value is -3.60. The number of carbonyl (C=O) groups is 1. The fraction of sp³-hybridized carbons (Fsp3) is 0.167. The first kappa shape index (κ1) is 22.6. The van der Waals surface area contributed by atoms with Crippen LogP contribution in [0, 0.1) is 32.1 Å². The van der Waals surface area contributed by atoms with Crippen LogP contribution in [0.3, 0.4) is 0 Å². The van der Waals surface area contributed by atoms with Crippen molar-refractivity contribution in [3.8, 4) is 17.6 Å². The Morgan fingerprint density at radius 3 is 2.70 bits per heavy atom. The number of aromatic nitrogens is 3. The summed E-state index contributed by atoms with van der Waals surface area (Å²) in [5.74, 6) is 0.487. The third-order valence-corrected chi connectivity index (χ3v) is 5.61. The van der Waals surface area contributed by atoms with Gasteiger partial charge >= 0.3 is 0 Å². The molecule has 33 heavy (non-hydrogen) atoms. The first-order valence-corrected chi connectivity index (χ1v) is 10.8. The summed E-state index contributed by atoms with van der Waals surface area (Å²) in [6.45, 7) is 5.69. The van der Waals surface area contributed by atoms with E-state index in [1.54, 1.807) is 12.1 Å². The standard InChI is InChI=1S/C24H19Cl2N5O2/c1-13-6-15(3)23-18(7-13)14(2)8-21(29-23)31-24(16(10-27)11-28-31)30-22(32)12-33-20-9-17(25)4-5-19(20)26/h4-9,11H,12H2,1-3H3,(H,30,32). The average Bonchev–Trinajstić information content (AvgIpc) is 3.17. The molecule has 9 heteroatoms. The Bertz CT molecular complexity index is 1440. The van der Waals surface area contributed by atoms with E-state index in [0.717, 1.165) is 27.6 Å². The second-order valence-corrected chi connectivity index (χ2v) is 8.46. The number of ether oxygens (including phenoxy) is 1. The van der Waals surface area contributed by atoms with Gasteiger partial charge in [0.2, 0.25) is 0 Å². The van der Waals surface area contributed by atoms with Gasteiger partial charge in [-0.05, 0) is 56.2 Å². The van der Waals surface area contributed by atoms with Gasteiger partial charge in [0.25, 0.3) is 5.91 Å². The monoisotopic (exact) mass is 479 g/mol. The SMILES string of the molecule is Cc1cc(C)c2nc(-n3ncc(C#N)c3NC(=O)COc3cc(Cl)ccc3Cl)cc(C)c2c1. The Balaban J connectivity index is 1.65. The lowest BCUT2D eigenvalue weighted by atomic mass is 10.0. The summed E-state index contributed by atoms with van der Waals surface area (Å²) >= 11 is 12.0. The number of pyridine rings is 1. The van der Waals surface area contributed by atoms with Crippen LogP contribution in [-0.4, -0.2) is 27.3 Å². The number of anilines is 1. The maximum absolute atomic E-state index is 12.6. The van der Waals surface area contributed by atoms with Crippen molar-refractivity contribution in [3.63, 3.8) is 0 Å². The molecule has 1 amide bonds. The van der Waals surface area contributed by atoms with E-state index in [1.165, 1.54) is 16.9 Å². The van der Waals surface area contributed by atoms with E-state index in [1.807, 2.05) is 32.9 Å². The summed E-state index contributed by atoms with van der Waals surface area (Å²) in [5, 5.41) is 18.3. The second-order valence-electron chi connectivity index (χ2n) is 7.62. The Morgan fingerprint density at radius 1 is 1.15 bits per heavy atom. The van der Waals surface area contributed by atoms with Gasteiger partial charge in [0.15, 0.2) is 18.2 Å². The lowest BCUT2D eigenvalue weighted by Crippen LogP contribution is -2.22. The van der Waals surface area contributed by atoms with Crippen LogP contribution in [-0.2, 0) is 4.79 Å². The summed E-state index contributed by atoms with van der Waals surface area (Å²) < 4.78 is 6.93. The van der Waals surface area contributed by atoms with Crippen LogP contribution in [0.25, 0.3) is 16.7 Å². The summed E-state index contributed by atoms with van der Waals surface area (Å²) in [6.07, 6.45) is 1.38. The van der Waals surface area contributed by atoms with Crippen molar-refractivity contribution in [1.82, 2.24) is 14.8 Å². The summed E-state index contributed by atoms with van der Waals surface area (Å²) in [6, 6.07) is 12.8. The topological polar surface area (TPSA) is 92.8 Å². The van der Waals surface area contributed by atoms with Crippen LogP contribution in [0.5, 0.6) is 5.75 Å². The highest BCUT2D eigenvalue weighted by Crippen LogP contribution is 2.28. The lowest BCUT2D eigenvalue weighted by molar-refractivity contribution is -0.118. The summed E-state index contributed by atoms with van der Waals surface area (Å²) in [5.41, 5.74) is 4.22. The molecular weight excluding hydrogens is 461 g/mol. The molecular formula is C24H19Cl2N5O2. The van der Waals surface area contributed by atoms with Gasteiger partial charge in [-0.25, -0.2) is 4.98 Å². The highest BCUT2D eigenvalue weighted by molar-refractivity contribution is 6.34. The predicted molar refractivity (Wildman–Crippen MR) is 128 cm³/mol. The van der Waals surface area contributed by atoms with Gasteiger partial charge < -0.3 is 10.1 Å². The van der Waals surface area contributed by atoms with E-state index in [2.05, 4.69) is 22.5 Å². The summed E-state index contributed by atoms with van der Waals surface area (Å²) in [4.78, 5) is 17.4. The van der Waals surface area contributed by atoms with Crippen molar-refractivity contribution in [2.45, 2.75) is 20.8 Å². The van der Waals surface area contributed by atoms with Gasteiger partial charge in [-0.3, -0.25) is 4.79 Å². The Labute approximate surface area is 200 Å². The third-order valence-electron chi connectivity index (χ3n) is 5.06. The van der Waals surface area contributed by atoms with Crippen molar-refractivity contribution < 1.29 is 9.53 Å². The minimum absolute atomic E-state index is 0.198. The van der Waals surface area contributed by atoms with E-state index in [-0.39, 0.29) is 23.7 Å². The van der Waals surface area contributed by atoms with Gasteiger partial charge in [-0.15, -0.1) is 0 Å². The van der Waals surface area contributed by atoms with Crippen LogP contribution in [0.1, 0.15) is 22.3 Å². The molecule has 0 radical (unpaired) electrons. The first-order chi connectivity index (χ1) is 15.8. The van der Waals surface area contributed by atoms with Crippen LogP contribution >= 0.6 is 23.2 Å². The second kappa shape index (κ2) is 9.10. The number of hydrogen-bond acceptors (Lipinski definition) is 5. The maximum Gasteiger partial charge on any atom is 0.263 e. The highest BCUT2D eigenvalue weighted by Gasteiger charge is 2.18. The van der Waals surface area contributed by atoms with E-state index in [4.69, 9.17) is 32.9 Å². The molecule has 0 bridgehead atoms. The van der Waals surface area contributed by atoms with Crippen LogP contribution in [0.15, 0.2) is 42.6 Å². The molecule has 7 nitrogen and oxygen atoms in total. The number of halogens is 2. The van der Waals surface area contributed by atoms with Crippen LogP contribution < -0.4 is 10.1 Å². The number of fused-ring (bicyclic) bond motifs is 1. The third kappa shape index (κ3) is 4.63. The molecule has 0 atom stereocenters. The van der Waals surface area contributed by atoms with E-state index >= 15 is 0 Å². The van der Waals surface area contributed by atoms with Gasteiger partial charge in [0.05, 0.1) is 16.7 Å². The molecule has 2 aromatic carbocycles. The van der Waals surface area contributed by atoms with Crippen molar-refractivity contribution in [3.05, 3.63) is 74.9 Å². The van der Waals surface area contributed by atoms with Crippen molar-refractivity contribution in [2.24, 2.45) is 0 Å². The molecule has 0 saturated heterocycles. The molecule has 0 aliphatic heterocycles. The molecule has 0 spiro atoms. The zero-order valence-electron chi connectivity index (χ0n) is 18.1. The predicted octanol–water partition coefficient (Wildman–Crippen LogP) is 5.54. The fourth-order valence-corrected chi connectivity index (χ4v) is 3.89. The number of amides is 1. The molecule has 166 valence electrons. The molecule has 4 rings (SSSR count). The van der Waals surface area contributed by atoms with E-state index in [9.17, 15) is 10.1 Å². The number of aryl methyl sites for hydroxylation is 3. The molecule has 4 aromatic rings. The summed E-state index contributed by atoms with van der Waals surface area (Å²) in [7, 11) is 0. The number of carbonyl (C=O) groups excluding carboxylic acids is 1. The number of nitrogens with zero attached hydrogens (tertiary/aromatic N) is 4. The zero-order chi connectivity index (χ0) is 23.7. The van der Waals surface area contributed by atoms with Gasteiger partial charge in [0.1, 0.15) is 17.4 Å².